The van der Waals surface area contributed by atoms with Gasteiger partial charge in [-0.1, -0.05) is 0 Å². The zero-order valence-electron chi connectivity index (χ0n) is 14.2. The van der Waals surface area contributed by atoms with E-state index in [0.717, 1.165) is 32.0 Å². The van der Waals surface area contributed by atoms with Crippen molar-refractivity contribution in [2.24, 2.45) is 11.3 Å². The first kappa shape index (κ1) is 16.3. The largest absolute Gasteiger partial charge is 0.467 e. The number of rotatable bonds is 6. The van der Waals surface area contributed by atoms with Crippen molar-refractivity contribution in [3.63, 3.8) is 0 Å². The van der Waals surface area contributed by atoms with E-state index in [2.05, 4.69) is 15.2 Å². The maximum Gasteiger partial charge on any atom is 0.221 e. The summed E-state index contributed by atoms with van der Waals surface area (Å²) >= 11 is 0. The van der Waals surface area contributed by atoms with Gasteiger partial charge in [-0.2, -0.15) is 0 Å². The molecule has 1 N–H and O–H groups in total. The van der Waals surface area contributed by atoms with E-state index >= 15 is 0 Å². The monoisotopic (exact) mass is 341 g/mol. The molecular formula is C19H23N3O3. The first-order valence-corrected chi connectivity index (χ1v) is 8.72. The van der Waals surface area contributed by atoms with Gasteiger partial charge < -0.3 is 14.5 Å². The molecule has 1 amide bonds. The molecule has 25 heavy (non-hydrogen) atoms. The molecule has 0 aliphatic carbocycles. The number of hydrogen-bond donors (Lipinski definition) is 1. The van der Waals surface area contributed by atoms with Crippen LogP contribution in [-0.4, -0.2) is 42.1 Å². The van der Waals surface area contributed by atoms with Crippen molar-refractivity contribution in [1.29, 1.82) is 0 Å². The first-order valence-electron chi connectivity index (χ1n) is 8.72. The van der Waals surface area contributed by atoms with Gasteiger partial charge in [-0.25, -0.2) is 0 Å². The number of carbonyl (C=O) groups is 1. The SMILES string of the molecule is O=C(C[C@@]12COC[C@@H]1CN(Cc1ccncc1)C2)NCc1ccco1. The maximum absolute atomic E-state index is 12.5. The zero-order valence-corrected chi connectivity index (χ0v) is 14.2. The number of amides is 1. The van der Waals surface area contributed by atoms with E-state index in [1.165, 1.54) is 5.56 Å². The third-order valence-electron chi connectivity index (χ3n) is 5.30. The van der Waals surface area contributed by atoms with E-state index in [0.29, 0.717) is 25.5 Å². The van der Waals surface area contributed by atoms with Crippen LogP contribution in [0.25, 0.3) is 0 Å². The van der Waals surface area contributed by atoms with Crippen LogP contribution in [0.5, 0.6) is 0 Å². The quantitative estimate of drug-likeness (QED) is 0.868. The minimum Gasteiger partial charge on any atom is -0.467 e. The van der Waals surface area contributed by atoms with Crippen LogP contribution in [-0.2, 0) is 22.6 Å². The molecule has 0 aromatic carbocycles. The highest BCUT2D eigenvalue weighted by Gasteiger charge is 2.51. The van der Waals surface area contributed by atoms with Crippen molar-refractivity contribution < 1.29 is 13.9 Å². The lowest BCUT2D eigenvalue weighted by atomic mass is 9.78. The molecule has 2 saturated heterocycles. The van der Waals surface area contributed by atoms with Crippen LogP contribution in [0.1, 0.15) is 17.7 Å². The molecule has 132 valence electrons. The molecule has 0 saturated carbocycles. The average Bonchev–Trinajstić information content (AvgIpc) is 3.30. The Hall–Kier alpha value is -2.18. The Bertz CT molecular complexity index is 704. The number of furan rings is 1. The summed E-state index contributed by atoms with van der Waals surface area (Å²) in [5.74, 6) is 1.26. The molecule has 4 heterocycles. The van der Waals surface area contributed by atoms with Gasteiger partial charge in [0, 0.05) is 49.8 Å². The summed E-state index contributed by atoms with van der Waals surface area (Å²) in [6.45, 7) is 4.63. The number of fused-ring (bicyclic) bond motifs is 1. The summed E-state index contributed by atoms with van der Waals surface area (Å²) in [5, 5.41) is 2.97. The number of pyridine rings is 1. The molecule has 6 heteroatoms. The number of nitrogens with zero attached hydrogens (tertiary/aromatic N) is 2. The van der Waals surface area contributed by atoms with Gasteiger partial charge in [0.1, 0.15) is 5.76 Å². The van der Waals surface area contributed by atoms with Crippen LogP contribution in [0, 0.1) is 11.3 Å². The standard InChI is InChI=1S/C19H23N3O3/c23-18(21-9-17-2-1-7-25-17)8-19-13-22(11-16(19)12-24-14-19)10-15-3-5-20-6-4-15/h1-7,16H,8-14H2,(H,21,23)/t16-,19+/m0/s1. The highest BCUT2D eigenvalue weighted by Crippen LogP contribution is 2.44. The van der Waals surface area contributed by atoms with Gasteiger partial charge in [0.05, 0.1) is 26.0 Å². The lowest BCUT2D eigenvalue weighted by Crippen LogP contribution is -2.37. The second-order valence-corrected chi connectivity index (χ2v) is 7.13. The number of aromatic nitrogens is 1. The number of carbonyl (C=O) groups excluding carboxylic acids is 1. The molecule has 6 nitrogen and oxygen atoms in total. The molecule has 0 bridgehead atoms. The smallest absolute Gasteiger partial charge is 0.221 e. The summed E-state index contributed by atoms with van der Waals surface area (Å²) in [6, 6.07) is 7.79. The van der Waals surface area contributed by atoms with Crippen molar-refractivity contribution >= 4 is 5.91 Å². The molecule has 4 rings (SSSR count). The summed E-state index contributed by atoms with van der Waals surface area (Å²) in [7, 11) is 0. The third-order valence-corrected chi connectivity index (χ3v) is 5.30. The van der Waals surface area contributed by atoms with E-state index < -0.39 is 0 Å². The van der Waals surface area contributed by atoms with Gasteiger partial charge in [0.25, 0.3) is 0 Å². The molecule has 0 unspecified atom stereocenters. The van der Waals surface area contributed by atoms with E-state index in [1.807, 2.05) is 36.7 Å². The normalized spacial score (nSPS) is 25.8. The van der Waals surface area contributed by atoms with Gasteiger partial charge in [-0.15, -0.1) is 0 Å². The van der Waals surface area contributed by atoms with Crippen LogP contribution in [0.4, 0.5) is 0 Å². The molecule has 0 radical (unpaired) electrons. The number of ether oxygens (including phenoxy) is 1. The van der Waals surface area contributed by atoms with Crippen molar-refractivity contribution in [2.75, 3.05) is 26.3 Å². The molecule has 0 spiro atoms. The zero-order chi connectivity index (χ0) is 17.1. The molecule has 2 aromatic heterocycles. The highest BCUT2D eigenvalue weighted by molar-refractivity contribution is 5.76. The summed E-state index contributed by atoms with van der Waals surface area (Å²) < 4.78 is 11.0. The van der Waals surface area contributed by atoms with E-state index in [-0.39, 0.29) is 11.3 Å². The van der Waals surface area contributed by atoms with Crippen molar-refractivity contribution in [2.45, 2.75) is 19.5 Å². The van der Waals surface area contributed by atoms with Crippen molar-refractivity contribution in [3.05, 3.63) is 54.2 Å². The van der Waals surface area contributed by atoms with Crippen LogP contribution in [0.3, 0.4) is 0 Å². The van der Waals surface area contributed by atoms with E-state index in [1.54, 1.807) is 6.26 Å². The molecule has 2 atom stereocenters. The fourth-order valence-corrected chi connectivity index (χ4v) is 4.04. The lowest BCUT2D eigenvalue weighted by Gasteiger charge is -2.26. The Morgan fingerprint density at radius 2 is 2.24 bits per heavy atom. The van der Waals surface area contributed by atoms with Crippen LogP contribution in [0.2, 0.25) is 0 Å². The Kier molecular flexibility index (Phi) is 4.55. The van der Waals surface area contributed by atoms with Gasteiger partial charge in [0.2, 0.25) is 5.91 Å². The molecule has 2 aliphatic heterocycles. The fraction of sp³-hybridized carbons (Fsp3) is 0.474. The predicted octanol–water partition coefficient (Wildman–Crippen LogP) is 1.83. The van der Waals surface area contributed by atoms with Gasteiger partial charge in [0.15, 0.2) is 0 Å². The minimum atomic E-state index is -0.0692. The van der Waals surface area contributed by atoms with E-state index in [4.69, 9.17) is 9.15 Å². The maximum atomic E-state index is 12.5. The fourth-order valence-electron chi connectivity index (χ4n) is 4.04. The van der Waals surface area contributed by atoms with Crippen molar-refractivity contribution in [3.8, 4) is 0 Å². The highest BCUT2D eigenvalue weighted by atomic mass is 16.5. The lowest BCUT2D eigenvalue weighted by molar-refractivity contribution is -0.124. The predicted molar refractivity (Wildman–Crippen MR) is 91.4 cm³/mol. The summed E-state index contributed by atoms with van der Waals surface area (Å²) in [5.41, 5.74) is 1.19. The molecular weight excluding hydrogens is 318 g/mol. The van der Waals surface area contributed by atoms with E-state index in [9.17, 15) is 4.79 Å². The Morgan fingerprint density at radius 3 is 3.04 bits per heavy atom. The Balaban J connectivity index is 1.36. The molecule has 2 aliphatic rings. The summed E-state index contributed by atoms with van der Waals surface area (Å²) in [4.78, 5) is 19.0. The van der Waals surface area contributed by atoms with Gasteiger partial charge in [-0.05, 0) is 29.8 Å². The third kappa shape index (κ3) is 3.60. The summed E-state index contributed by atoms with van der Waals surface area (Å²) in [6.07, 6.45) is 5.78. The number of hydrogen-bond acceptors (Lipinski definition) is 5. The van der Waals surface area contributed by atoms with Crippen LogP contribution in [0.15, 0.2) is 47.3 Å². The van der Waals surface area contributed by atoms with Gasteiger partial charge in [-0.3, -0.25) is 14.7 Å². The molecule has 2 aromatic rings. The van der Waals surface area contributed by atoms with Crippen LogP contribution < -0.4 is 5.32 Å². The number of nitrogens with one attached hydrogen (secondary N) is 1. The number of likely N-dealkylation sites (tertiary alicyclic amines) is 1. The minimum absolute atomic E-state index is 0.0673. The molecule has 2 fully saturated rings. The van der Waals surface area contributed by atoms with Gasteiger partial charge >= 0.3 is 0 Å². The van der Waals surface area contributed by atoms with Crippen molar-refractivity contribution in [1.82, 2.24) is 15.2 Å². The second-order valence-electron chi connectivity index (χ2n) is 7.13. The second kappa shape index (κ2) is 6.98. The Morgan fingerprint density at radius 1 is 1.36 bits per heavy atom. The Labute approximate surface area is 147 Å². The topological polar surface area (TPSA) is 67.6 Å². The average molecular weight is 341 g/mol. The first-order chi connectivity index (χ1) is 12.2. The van der Waals surface area contributed by atoms with Crippen LogP contribution >= 0.6 is 0 Å².